The second-order valence-electron chi connectivity index (χ2n) is 24.6. The third-order valence-electron chi connectivity index (χ3n) is 16.9. The van der Waals surface area contributed by atoms with Crippen molar-refractivity contribution in [2.45, 2.75) is 389 Å². The normalized spacial score (nSPS) is 11.6. The van der Waals surface area contributed by atoms with Crippen LogP contribution in [0.4, 0.5) is 0 Å². The van der Waals surface area contributed by atoms with E-state index in [1.807, 2.05) is 0 Å². The Morgan fingerprint density at radius 1 is 0.197 bits per heavy atom. The molecular formula is C70H144N2O4. The number of carboxylic acids is 2. The van der Waals surface area contributed by atoms with E-state index in [1.54, 1.807) is 0 Å². The quantitative estimate of drug-likeness (QED) is 0.0449. The smallest absolute Gasteiger partial charge is 0.0786 e. The lowest BCUT2D eigenvalue weighted by molar-refractivity contribution is -0.929. The van der Waals surface area contributed by atoms with E-state index in [1.165, 1.54) is 370 Å². The first-order valence-electron chi connectivity index (χ1n) is 35.2. The van der Waals surface area contributed by atoms with Crippen LogP contribution in [0.5, 0.6) is 0 Å². The molecule has 6 nitrogen and oxygen atoms in total. The number of carbonyl (C=O) groups is 2. The molecule has 0 atom stereocenters. The third kappa shape index (κ3) is 62.1. The Morgan fingerprint density at radius 3 is 0.434 bits per heavy atom. The van der Waals surface area contributed by atoms with Gasteiger partial charge in [0.25, 0.3) is 0 Å². The van der Waals surface area contributed by atoms with Crippen LogP contribution in [0.2, 0.25) is 0 Å². The molecule has 0 aliphatic carbocycles. The molecule has 0 aliphatic rings. The van der Waals surface area contributed by atoms with Crippen molar-refractivity contribution < 1.29 is 28.8 Å². The molecule has 0 fully saturated rings. The van der Waals surface area contributed by atoms with Crippen LogP contribution in [0.25, 0.3) is 0 Å². The average Bonchev–Trinajstić information content (AvgIpc) is 3.41. The first-order chi connectivity index (χ1) is 37.1. The monoisotopic (exact) mass is 1080 g/mol. The fourth-order valence-corrected chi connectivity index (χ4v) is 11.7. The standard InChI is InChI=1S/2C32H68N.C6H10O4/c2*1-5-9-13-17-21-25-29-33(30-26-22-18-14-10-6-2,31-27-23-19-15-11-7-3)32-28-24-20-16-12-8-4;7-5(8)3-1-2-4-6(9)10/h2*5-32H2,1-4H3;1-4H2,(H,7,8)(H,9,10)/q2*+1;/p-2. The summed E-state index contributed by atoms with van der Waals surface area (Å²) in [4.78, 5) is 19.5. The summed E-state index contributed by atoms with van der Waals surface area (Å²) in [5.41, 5.74) is 0. The zero-order valence-electron chi connectivity index (χ0n) is 54.0. The van der Waals surface area contributed by atoms with Gasteiger partial charge in [0.05, 0.1) is 52.4 Å². The molecule has 0 saturated carbocycles. The van der Waals surface area contributed by atoms with Gasteiger partial charge in [-0.15, -0.1) is 0 Å². The molecule has 0 amide bonds. The highest BCUT2D eigenvalue weighted by molar-refractivity contribution is 5.65. The van der Waals surface area contributed by atoms with Gasteiger partial charge in [0, 0.05) is 11.9 Å². The molecule has 0 rings (SSSR count). The van der Waals surface area contributed by atoms with Crippen molar-refractivity contribution >= 4 is 11.9 Å². The van der Waals surface area contributed by atoms with Crippen LogP contribution in [0.15, 0.2) is 0 Å². The molecule has 6 heteroatoms. The van der Waals surface area contributed by atoms with Crippen molar-refractivity contribution in [1.82, 2.24) is 0 Å². The Labute approximate surface area is 480 Å². The number of rotatable bonds is 61. The lowest BCUT2D eigenvalue weighted by Crippen LogP contribution is -2.50. The minimum atomic E-state index is -1.14. The zero-order chi connectivity index (χ0) is 56.6. The maximum absolute atomic E-state index is 9.77. The van der Waals surface area contributed by atoms with Crippen LogP contribution in [0.1, 0.15) is 389 Å². The molecule has 458 valence electrons. The Bertz CT molecular complexity index is 875. The van der Waals surface area contributed by atoms with Gasteiger partial charge in [-0.25, -0.2) is 0 Å². The number of nitrogens with zero attached hydrogens (tertiary/aromatic N) is 2. The van der Waals surface area contributed by atoms with Crippen molar-refractivity contribution in [1.29, 1.82) is 0 Å². The summed E-state index contributed by atoms with van der Waals surface area (Å²) >= 11 is 0. The highest BCUT2D eigenvalue weighted by Gasteiger charge is 2.27. The molecule has 0 aromatic heterocycles. The maximum Gasteiger partial charge on any atom is 0.0786 e. The van der Waals surface area contributed by atoms with Gasteiger partial charge in [-0.2, -0.15) is 0 Å². The maximum atomic E-state index is 9.77. The SMILES string of the molecule is CCCCCCCC[N+](CCCCCCCC)(CCCCCCCC)CCCCCCCC.CCCCCCCC[N+](CCCCCCCC)(CCCCCCCC)CCCCCCCC.O=C([O-])CCCCC(=O)[O-]. The largest absolute Gasteiger partial charge is 0.550 e. The molecular weight excluding hydrogens is 933 g/mol. The minimum Gasteiger partial charge on any atom is -0.550 e. The molecule has 0 saturated heterocycles. The van der Waals surface area contributed by atoms with Crippen LogP contribution in [0, 0.1) is 0 Å². The van der Waals surface area contributed by atoms with E-state index < -0.39 is 11.9 Å². The molecule has 0 radical (unpaired) electrons. The lowest BCUT2D eigenvalue weighted by Gasteiger charge is -2.40. The van der Waals surface area contributed by atoms with E-state index in [0.29, 0.717) is 12.8 Å². The molecule has 0 unspecified atom stereocenters. The third-order valence-corrected chi connectivity index (χ3v) is 16.9. The molecule has 0 aromatic carbocycles. The Kier molecular flexibility index (Phi) is 69.1. The fourth-order valence-electron chi connectivity index (χ4n) is 11.7. The van der Waals surface area contributed by atoms with Gasteiger partial charge in [0.15, 0.2) is 0 Å². The Hall–Kier alpha value is -1.14. The van der Waals surface area contributed by atoms with Crippen molar-refractivity contribution in [3.63, 3.8) is 0 Å². The number of unbranched alkanes of at least 4 members (excludes halogenated alkanes) is 41. The number of quaternary nitrogens is 2. The van der Waals surface area contributed by atoms with Gasteiger partial charge in [-0.1, -0.05) is 261 Å². The molecule has 0 aromatic rings. The van der Waals surface area contributed by atoms with E-state index >= 15 is 0 Å². The first kappa shape index (κ1) is 79.1. The topological polar surface area (TPSA) is 80.3 Å². The fraction of sp³-hybridized carbons (Fsp3) is 0.971. The van der Waals surface area contributed by atoms with Gasteiger partial charge in [0.1, 0.15) is 0 Å². The van der Waals surface area contributed by atoms with Crippen molar-refractivity contribution in [3.05, 3.63) is 0 Å². The summed E-state index contributed by atoms with van der Waals surface area (Å²) in [6.45, 7) is 30.5. The molecule has 0 spiro atoms. The highest BCUT2D eigenvalue weighted by Crippen LogP contribution is 2.23. The Morgan fingerprint density at radius 2 is 0.316 bits per heavy atom. The van der Waals surface area contributed by atoms with Crippen molar-refractivity contribution in [3.8, 4) is 0 Å². The van der Waals surface area contributed by atoms with E-state index in [-0.39, 0.29) is 12.8 Å². The van der Waals surface area contributed by atoms with Gasteiger partial charge in [0.2, 0.25) is 0 Å². The number of carboxylic acid groups (broad SMARTS) is 2. The summed E-state index contributed by atoms with van der Waals surface area (Å²) in [6, 6.07) is 0. The summed E-state index contributed by atoms with van der Waals surface area (Å²) in [5, 5.41) is 19.5. The van der Waals surface area contributed by atoms with E-state index in [0.717, 1.165) is 0 Å². The van der Waals surface area contributed by atoms with Crippen LogP contribution < -0.4 is 10.2 Å². The zero-order valence-corrected chi connectivity index (χ0v) is 54.0. The molecule has 0 N–H and O–H groups in total. The van der Waals surface area contributed by atoms with Crippen molar-refractivity contribution in [2.24, 2.45) is 0 Å². The molecule has 0 heterocycles. The van der Waals surface area contributed by atoms with Gasteiger partial charge >= 0.3 is 0 Å². The summed E-state index contributed by atoms with van der Waals surface area (Å²) in [5.74, 6) is -2.28. The average molecular weight is 1080 g/mol. The first-order valence-corrected chi connectivity index (χ1v) is 35.2. The van der Waals surface area contributed by atoms with Crippen LogP contribution in [-0.4, -0.2) is 73.3 Å². The van der Waals surface area contributed by atoms with E-state index in [2.05, 4.69) is 55.4 Å². The molecule has 0 bridgehead atoms. The van der Waals surface area contributed by atoms with E-state index in [9.17, 15) is 19.8 Å². The van der Waals surface area contributed by atoms with Crippen LogP contribution >= 0.6 is 0 Å². The summed E-state index contributed by atoms with van der Waals surface area (Å²) < 4.78 is 2.95. The van der Waals surface area contributed by atoms with E-state index in [4.69, 9.17) is 0 Å². The van der Waals surface area contributed by atoms with Gasteiger partial charge in [-0.3, -0.25) is 0 Å². The predicted molar refractivity (Wildman–Crippen MR) is 335 cm³/mol. The minimum absolute atomic E-state index is 0.0761. The second-order valence-corrected chi connectivity index (χ2v) is 24.6. The van der Waals surface area contributed by atoms with Gasteiger partial charge < -0.3 is 28.8 Å². The highest BCUT2D eigenvalue weighted by atomic mass is 16.4. The van der Waals surface area contributed by atoms with Crippen LogP contribution in [-0.2, 0) is 9.59 Å². The number of aliphatic carboxylic acids is 2. The Balaban J connectivity index is -0.00000119. The lowest BCUT2D eigenvalue weighted by atomic mass is 10.0. The molecule has 76 heavy (non-hydrogen) atoms. The summed E-state index contributed by atoms with van der Waals surface area (Å²) in [6.07, 6.45) is 70.1. The summed E-state index contributed by atoms with van der Waals surface area (Å²) in [7, 11) is 0. The molecule has 0 aliphatic heterocycles. The number of hydrogen-bond donors (Lipinski definition) is 0. The number of hydrogen-bond acceptors (Lipinski definition) is 4. The number of carbonyl (C=O) groups excluding carboxylic acids is 2. The van der Waals surface area contributed by atoms with Crippen molar-refractivity contribution in [2.75, 3.05) is 52.4 Å². The van der Waals surface area contributed by atoms with Gasteiger partial charge in [-0.05, 0) is 128 Å². The second kappa shape index (κ2) is 66.4. The van der Waals surface area contributed by atoms with Crippen LogP contribution in [0.3, 0.4) is 0 Å². The predicted octanol–water partition coefficient (Wildman–Crippen LogP) is 20.5.